The summed E-state index contributed by atoms with van der Waals surface area (Å²) in [6.07, 6.45) is 5.15. The molecule has 3 saturated heterocycles. The average Bonchev–Trinajstić information content (AvgIpc) is 3.45. The van der Waals surface area contributed by atoms with Gasteiger partial charge in [0.25, 0.3) is 0 Å². The number of para-hydroxylation sites is 1. The summed E-state index contributed by atoms with van der Waals surface area (Å²) in [5, 5.41) is 6.10. The number of hydrogen-bond donors (Lipinski definition) is 2. The van der Waals surface area contributed by atoms with Crippen LogP contribution in [-0.2, 0) is 19.9 Å². The van der Waals surface area contributed by atoms with E-state index >= 15 is 0 Å². The molecule has 7 heteroatoms. The number of likely N-dealkylation sites (tertiary alicyclic amines) is 1. The van der Waals surface area contributed by atoms with Crippen molar-refractivity contribution >= 4 is 23.4 Å². The van der Waals surface area contributed by atoms with E-state index in [4.69, 9.17) is 0 Å². The summed E-state index contributed by atoms with van der Waals surface area (Å²) < 4.78 is 0. The largest absolute Gasteiger partial charge is 0.356 e. The zero-order valence-corrected chi connectivity index (χ0v) is 16.7. The van der Waals surface area contributed by atoms with Gasteiger partial charge in [0.05, 0.1) is 5.92 Å². The van der Waals surface area contributed by atoms with Crippen LogP contribution in [-0.4, -0.2) is 59.7 Å². The molecule has 3 atom stereocenters. The fourth-order valence-electron chi connectivity index (χ4n) is 5.93. The minimum atomic E-state index is -0.882. The van der Waals surface area contributed by atoms with Gasteiger partial charge in [-0.3, -0.25) is 19.3 Å². The van der Waals surface area contributed by atoms with Crippen molar-refractivity contribution in [3.8, 4) is 0 Å². The molecule has 4 aliphatic rings. The molecule has 154 valence electrons. The summed E-state index contributed by atoms with van der Waals surface area (Å²) in [5.74, 6) is -0.277. The van der Waals surface area contributed by atoms with Crippen molar-refractivity contribution in [2.24, 2.45) is 5.92 Å². The Bertz CT molecular complexity index is 856. The van der Waals surface area contributed by atoms with Crippen LogP contribution >= 0.6 is 0 Å². The lowest BCUT2D eigenvalue weighted by Gasteiger charge is -2.36. The van der Waals surface area contributed by atoms with Crippen molar-refractivity contribution in [2.45, 2.75) is 50.1 Å². The summed E-state index contributed by atoms with van der Waals surface area (Å²) in [6, 6.07) is 8.07. The number of benzene rings is 1. The molecule has 3 amide bonds. The normalized spacial score (nSPS) is 30.7. The zero-order valence-electron chi connectivity index (χ0n) is 16.7. The second-order valence-electron chi connectivity index (χ2n) is 8.67. The van der Waals surface area contributed by atoms with Gasteiger partial charge in [0, 0.05) is 43.3 Å². The Balaban J connectivity index is 1.33. The van der Waals surface area contributed by atoms with Crippen LogP contribution in [0.5, 0.6) is 0 Å². The van der Waals surface area contributed by atoms with Crippen LogP contribution in [0.2, 0.25) is 0 Å². The minimum absolute atomic E-state index is 0.0426. The van der Waals surface area contributed by atoms with Gasteiger partial charge in [-0.15, -0.1) is 0 Å². The number of nitrogens with zero attached hydrogens (tertiary/aromatic N) is 2. The Morgan fingerprint density at radius 2 is 2.07 bits per heavy atom. The van der Waals surface area contributed by atoms with E-state index in [1.807, 2.05) is 29.2 Å². The summed E-state index contributed by atoms with van der Waals surface area (Å²) in [4.78, 5) is 42.4. The van der Waals surface area contributed by atoms with E-state index in [0.717, 1.165) is 56.4 Å². The molecule has 1 aromatic rings. The Hall–Kier alpha value is -2.41. The molecule has 2 N–H and O–H groups in total. The standard InChI is InChI=1S/C22H28N4O3/c27-19-9-4-11-25(19)12-5-10-23-20(28)17-14-15-6-3-13-26(15)22(17)16-7-1-2-8-18(16)24-21(22)29/h1-2,7-8,15,17H,3-6,9-14H2,(H,23,28)(H,24,29)/t15-,17+,22+/m1/s1. The number of rotatable bonds is 5. The third-order valence-electron chi connectivity index (χ3n) is 7.17. The number of fused-ring (bicyclic) bond motifs is 4. The third kappa shape index (κ3) is 2.78. The average molecular weight is 396 g/mol. The highest BCUT2D eigenvalue weighted by molar-refractivity contribution is 6.09. The number of nitrogens with one attached hydrogen (secondary N) is 2. The van der Waals surface area contributed by atoms with E-state index in [9.17, 15) is 14.4 Å². The lowest BCUT2D eigenvalue weighted by Crippen LogP contribution is -2.54. The molecule has 3 fully saturated rings. The van der Waals surface area contributed by atoms with Crippen LogP contribution in [0.25, 0.3) is 0 Å². The maximum absolute atomic E-state index is 13.3. The van der Waals surface area contributed by atoms with Crippen molar-refractivity contribution in [2.75, 3.05) is 31.5 Å². The Kier molecular flexibility index (Phi) is 4.57. The summed E-state index contributed by atoms with van der Waals surface area (Å²) >= 11 is 0. The zero-order chi connectivity index (χ0) is 20.0. The van der Waals surface area contributed by atoms with E-state index in [1.165, 1.54) is 0 Å². The van der Waals surface area contributed by atoms with Gasteiger partial charge >= 0.3 is 0 Å². The summed E-state index contributed by atoms with van der Waals surface area (Å²) in [6.45, 7) is 2.90. The quantitative estimate of drug-likeness (QED) is 0.738. The van der Waals surface area contributed by atoms with Crippen LogP contribution in [0.3, 0.4) is 0 Å². The maximum Gasteiger partial charge on any atom is 0.250 e. The smallest absolute Gasteiger partial charge is 0.250 e. The molecule has 5 rings (SSSR count). The Labute approximate surface area is 170 Å². The van der Waals surface area contributed by atoms with Crippen molar-refractivity contribution in [1.29, 1.82) is 0 Å². The number of carbonyl (C=O) groups excluding carboxylic acids is 3. The first-order chi connectivity index (χ1) is 14.1. The van der Waals surface area contributed by atoms with E-state index < -0.39 is 5.54 Å². The van der Waals surface area contributed by atoms with E-state index in [0.29, 0.717) is 19.5 Å². The number of hydrogen-bond acceptors (Lipinski definition) is 4. The maximum atomic E-state index is 13.3. The summed E-state index contributed by atoms with van der Waals surface area (Å²) in [5.41, 5.74) is 0.889. The Morgan fingerprint density at radius 3 is 2.90 bits per heavy atom. The topological polar surface area (TPSA) is 81.8 Å². The molecule has 4 aliphatic heterocycles. The van der Waals surface area contributed by atoms with Gasteiger partial charge in [0.2, 0.25) is 17.7 Å². The van der Waals surface area contributed by atoms with Crippen LogP contribution in [0.15, 0.2) is 24.3 Å². The van der Waals surface area contributed by atoms with Gasteiger partial charge in [-0.2, -0.15) is 0 Å². The first-order valence-electron chi connectivity index (χ1n) is 10.9. The van der Waals surface area contributed by atoms with Crippen LogP contribution < -0.4 is 10.6 Å². The molecule has 0 unspecified atom stereocenters. The molecular weight excluding hydrogens is 368 g/mol. The lowest BCUT2D eigenvalue weighted by molar-refractivity contribution is -0.137. The second kappa shape index (κ2) is 7.13. The Morgan fingerprint density at radius 1 is 1.21 bits per heavy atom. The lowest BCUT2D eigenvalue weighted by atomic mass is 9.78. The first-order valence-corrected chi connectivity index (χ1v) is 10.9. The fourth-order valence-corrected chi connectivity index (χ4v) is 5.93. The second-order valence-corrected chi connectivity index (χ2v) is 8.67. The van der Waals surface area contributed by atoms with E-state index in [-0.39, 0.29) is 29.7 Å². The van der Waals surface area contributed by atoms with Crippen molar-refractivity contribution in [3.05, 3.63) is 29.8 Å². The van der Waals surface area contributed by atoms with E-state index in [2.05, 4.69) is 15.5 Å². The molecular formula is C22H28N4O3. The molecule has 0 radical (unpaired) electrons. The number of anilines is 1. The molecule has 1 aromatic carbocycles. The van der Waals surface area contributed by atoms with Gasteiger partial charge in [-0.1, -0.05) is 18.2 Å². The number of amides is 3. The van der Waals surface area contributed by atoms with Crippen molar-refractivity contribution in [3.63, 3.8) is 0 Å². The molecule has 7 nitrogen and oxygen atoms in total. The minimum Gasteiger partial charge on any atom is -0.356 e. The predicted octanol–water partition coefficient (Wildman–Crippen LogP) is 1.45. The molecule has 29 heavy (non-hydrogen) atoms. The number of carbonyl (C=O) groups is 3. The van der Waals surface area contributed by atoms with Gasteiger partial charge in [0.1, 0.15) is 5.54 Å². The predicted molar refractivity (Wildman–Crippen MR) is 108 cm³/mol. The molecule has 0 bridgehead atoms. The molecule has 0 aromatic heterocycles. The molecule has 0 aliphatic carbocycles. The van der Waals surface area contributed by atoms with Crippen molar-refractivity contribution in [1.82, 2.24) is 15.1 Å². The van der Waals surface area contributed by atoms with Gasteiger partial charge in [-0.25, -0.2) is 0 Å². The highest BCUT2D eigenvalue weighted by atomic mass is 16.2. The van der Waals surface area contributed by atoms with Crippen LogP contribution in [0.1, 0.15) is 44.1 Å². The van der Waals surface area contributed by atoms with Gasteiger partial charge < -0.3 is 15.5 Å². The monoisotopic (exact) mass is 396 g/mol. The van der Waals surface area contributed by atoms with Gasteiger partial charge in [-0.05, 0) is 44.7 Å². The highest BCUT2D eigenvalue weighted by Gasteiger charge is 2.65. The van der Waals surface area contributed by atoms with E-state index in [1.54, 1.807) is 0 Å². The molecule has 4 heterocycles. The van der Waals surface area contributed by atoms with Crippen LogP contribution in [0, 0.1) is 5.92 Å². The summed E-state index contributed by atoms with van der Waals surface area (Å²) in [7, 11) is 0. The van der Waals surface area contributed by atoms with Crippen LogP contribution in [0.4, 0.5) is 5.69 Å². The first kappa shape index (κ1) is 18.6. The SMILES string of the molecule is O=C(NCCCN1CCCC1=O)[C@@H]1C[C@H]2CCCN2[C@]12C(=O)Nc1ccccc12. The molecule has 0 saturated carbocycles. The van der Waals surface area contributed by atoms with Gasteiger partial charge in [0.15, 0.2) is 0 Å². The van der Waals surface area contributed by atoms with Crippen molar-refractivity contribution < 1.29 is 14.4 Å². The third-order valence-corrected chi connectivity index (χ3v) is 7.17. The molecule has 1 spiro atoms. The highest BCUT2D eigenvalue weighted by Crippen LogP contribution is 2.55. The fraction of sp³-hybridized carbons (Fsp3) is 0.591.